The zero-order valence-electron chi connectivity index (χ0n) is 11.2. The predicted octanol–water partition coefficient (Wildman–Crippen LogP) is 4.69. The zero-order chi connectivity index (χ0) is 14.8. The lowest BCUT2D eigenvalue weighted by atomic mass is 9.77. The number of hydrogen-bond acceptors (Lipinski definition) is 1. The molecule has 1 saturated carbocycles. The molecule has 2 rings (SSSR count). The summed E-state index contributed by atoms with van der Waals surface area (Å²) < 4.78 is 38.9. The molecule has 20 heavy (non-hydrogen) atoms. The molecule has 0 radical (unpaired) electrons. The Labute approximate surface area is 125 Å². The molecule has 0 saturated heterocycles. The Morgan fingerprint density at radius 3 is 2.15 bits per heavy atom. The highest BCUT2D eigenvalue weighted by molar-refractivity contribution is 9.10. The summed E-state index contributed by atoms with van der Waals surface area (Å²) in [6, 6.07) is 7.88. The summed E-state index contributed by atoms with van der Waals surface area (Å²) in [4.78, 5) is 0. The first-order chi connectivity index (χ1) is 9.36. The van der Waals surface area contributed by atoms with Crippen molar-refractivity contribution in [1.29, 1.82) is 0 Å². The van der Waals surface area contributed by atoms with Crippen molar-refractivity contribution in [3.63, 3.8) is 0 Å². The van der Waals surface area contributed by atoms with Crippen LogP contribution in [0.25, 0.3) is 0 Å². The molecule has 0 heterocycles. The van der Waals surface area contributed by atoms with E-state index in [1.165, 1.54) is 0 Å². The largest absolute Gasteiger partial charge is 0.391 e. The maximum absolute atomic E-state index is 12.6. The SMILES string of the molecule is NC(Cc1ccc(Br)cc1)C1CCC(C(F)(F)F)CC1. The molecular formula is C15H19BrF3N. The third-order valence-corrected chi connectivity index (χ3v) is 4.75. The van der Waals surface area contributed by atoms with Crippen LogP contribution in [-0.2, 0) is 6.42 Å². The first kappa shape index (κ1) is 15.8. The summed E-state index contributed by atoms with van der Waals surface area (Å²) in [6.45, 7) is 0. The average Bonchev–Trinajstić information content (AvgIpc) is 2.40. The first-order valence-electron chi connectivity index (χ1n) is 6.93. The maximum atomic E-state index is 12.6. The maximum Gasteiger partial charge on any atom is 0.391 e. The van der Waals surface area contributed by atoms with Gasteiger partial charge in [-0.3, -0.25) is 0 Å². The molecule has 112 valence electrons. The van der Waals surface area contributed by atoms with Crippen LogP contribution in [0.1, 0.15) is 31.2 Å². The van der Waals surface area contributed by atoms with Crippen molar-refractivity contribution in [2.24, 2.45) is 17.6 Å². The minimum atomic E-state index is -4.04. The van der Waals surface area contributed by atoms with E-state index in [4.69, 9.17) is 5.73 Å². The Morgan fingerprint density at radius 1 is 1.10 bits per heavy atom. The van der Waals surface area contributed by atoms with Gasteiger partial charge in [-0.15, -0.1) is 0 Å². The summed E-state index contributed by atoms with van der Waals surface area (Å²) in [5, 5.41) is 0. The molecule has 0 spiro atoms. The van der Waals surface area contributed by atoms with Crippen LogP contribution in [0.15, 0.2) is 28.7 Å². The third-order valence-electron chi connectivity index (χ3n) is 4.22. The molecule has 1 aliphatic rings. The standard InChI is InChI=1S/C15H19BrF3N/c16-13-7-1-10(2-8-13)9-14(20)11-3-5-12(6-4-11)15(17,18)19/h1-2,7-8,11-12,14H,3-6,9,20H2. The van der Waals surface area contributed by atoms with Gasteiger partial charge in [0.05, 0.1) is 5.92 Å². The van der Waals surface area contributed by atoms with Crippen LogP contribution in [0.4, 0.5) is 13.2 Å². The highest BCUT2D eigenvalue weighted by Crippen LogP contribution is 2.40. The van der Waals surface area contributed by atoms with Crippen LogP contribution < -0.4 is 5.73 Å². The van der Waals surface area contributed by atoms with Gasteiger partial charge in [0.2, 0.25) is 0 Å². The second-order valence-electron chi connectivity index (χ2n) is 5.65. The van der Waals surface area contributed by atoms with Gasteiger partial charge in [0.25, 0.3) is 0 Å². The van der Waals surface area contributed by atoms with Gasteiger partial charge in [0, 0.05) is 10.5 Å². The molecule has 1 unspecified atom stereocenters. The highest BCUT2D eigenvalue weighted by atomic mass is 79.9. The van der Waals surface area contributed by atoms with Crippen LogP contribution in [0.3, 0.4) is 0 Å². The highest BCUT2D eigenvalue weighted by Gasteiger charge is 2.42. The van der Waals surface area contributed by atoms with E-state index in [9.17, 15) is 13.2 Å². The van der Waals surface area contributed by atoms with Crippen molar-refractivity contribution in [2.45, 2.75) is 44.3 Å². The smallest absolute Gasteiger partial charge is 0.327 e. The van der Waals surface area contributed by atoms with Gasteiger partial charge in [-0.25, -0.2) is 0 Å². The van der Waals surface area contributed by atoms with Crippen molar-refractivity contribution in [1.82, 2.24) is 0 Å². The Hall–Kier alpha value is -0.550. The Bertz CT molecular complexity index is 422. The summed E-state index contributed by atoms with van der Waals surface area (Å²) in [5.41, 5.74) is 7.32. The molecule has 0 bridgehead atoms. The molecule has 0 aliphatic heterocycles. The molecule has 1 aromatic carbocycles. The minimum absolute atomic E-state index is 0.0506. The third kappa shape index (κ3) is 4.22. The van der Waals surface area contributed by atoms with Crippen LogP contribution >= 0.6 is 15.9 Å². The van der Waals surface area contributed by atoms with Crippen molar-refractivity contribution >= 4 is 15.9 Å². The number of rotatable bonds is 3. The van der Waals surface area contributed by atoms with Gasteiger partial charge < -0.3 is 5.73 Å². The van der Waals surface area contributed by atoms with E-state index in [1.807, 2.05) is 24.3 Å². The average molecular weight is 350 g/mol. The second-order valence-corrected chi connectivity index (χ2v) is 6.56. The van der Waals surface area contributed by atoms with E-state index in [0.29, 0.717) is 12.8 Å². The molecule has 0 amide bonds. The van der Waals surface area contributed by atoms with E-state index >= 15 is 0 Å². The van der Waals surface area contributed by atoms with Crippen molar-refractivity contribution < 1.29 is 13.2 Å². The van der Waals surface area contributed by atoms with Gasteiger partial charge in [-0.1, -0.05) is 28.1 Å². The van der Waals surface area contributed by atoms with Crippen molar-refractivity contribution in [2.75, 3.05) is 0 Å². The Morgan fingerprint density at radius 2 is 1.65 bits per heavy atom. The predicted molar refractivity (Wildman–Crippen MR) is 77.3 cm³/mol. The Balaban J connectivity index is 1.85. The lowest BCUT2D eigenvalue weighted by molar-refractivity contribution is -0.184. The zero-order valence-corrected chi connectivity index (χ0v) is 12.8. The van der Waals surface area contributed by atoms with Crippen molar-refractivity contribution in [3.8, 4) is 0 Å². The van der Waals surface area contributed by atoms with Gasteiger partial charge in [-0.2, -0.15) is 13.2 Å². The normalized spacial score (nSPS) is 25.4. The first-order valence-corrected chi connectivity index (χ1v) is 7.72. The fraction of sp³-hybridized carbons (Fsp3) is 0.600. The van der Waals surface area contributed by atoms with E-state index in [-0.39, 0.29) is 24.8 Å². The van der Waals surface area contributed by atoms with E-state index in [0.717, 1.165) is 16.5 Å². The van der Waals surface area contributed by atoms with Crippen LogP contribution in [0.5, 0.6) is 0 Å². The molecule has 1 atom stereocenters. The van der Waals surface area contributed by atoms with Gasteiger partial charge in [-0.05, 0) is 55.7 Å². The summed E-state index contributed by atoms with van der Waals surface area (Å²) in [7, 11) is 0. The number of nitrogens with two attached hydrogens (primary N) is 1. The molecule has 1 fully saturated rings. The molecule has 2 N–H and O–H groups in total. The Kier molecular flexibility index (Phi) is 5.13. The van der Waals surface area contributed by atoms with E-state index < -0.39 is 12.1 Å². The van der Waals surface area contributed by atoms with Gasteiger partial charge >= 0.3 is 6.18 Å². The monoisotopic (exact) mass is 349 g/mol. The lowest BCUT2D eigenvalue weighted by Crippen LogP contribution is -2.37. The van der Waals surface area contributed by atoms with E-state index in [2.05, 4.69) is 15.9 Å². The second kappa shape index (κ2) is 6.48. The van der Waals surface area contributed by atoms with Crippen LogP contribution in [0, 0.1) is 11.8 Å². The lowest BCUT2D eigenvalue weighted by Gasteiger charge is -2.33. The molecule has 1 aliphatic carbocycles. The number of benzene rings is 1. The van der Waals surface area contributed by atoms with E-state index in [1.54, 1.807) is 0 Å². The quantitative estimate of drug-likeness (QED) is 0.841. The molecular weight excluding hydrogens is 331 g/mol. The summed E-state index contributed by atoms with van der Waals surface area (Å²) >= 11 is 3.38. The van der Waals surface area contributed by atoms with Gasteiger partial charge in [0.15, 0.2) is 0 Å². The number of halogens is 4. The fourth-order valence-corrected chi connectivity index (χ4v) is 3.20. The fourth-order valence-electron chi connectivity index (χ4n) is 2.93. The molecule has 0 aromatic heterocycles. The topological polar surface area (TPSA) is 26.0 Å². The molecule has 1 aromatic rings. The van der Waals surface area contributed by atoms with Crippen LogP contribution in [0.2, 0.25) is 0 Å². The molecule has 1 nitrogen and oxygen atoms in total. The summed E-state index contributed by atoms with van der Waals surface area (Å²) in [6.07, 6.45) is -1.69. The van der Waals surface area contributed by atoms with Gasteiger partial charge in [0.1, 0.15) is 0 Å². The molecule has 5 heteroatoms. The number of hydrogen-bond donors (Lipinski definition) is 1. The number of alkyl halides is 3. The van der Waals surface area contributed by atoms with Crippen molar-refractivity contribution in [3.05, 3.63) is 34.3 Å². The minimum Gasteiger partial charge on any atom is -0.327 e. The van der Waals surface area contributed by atoms with Crippen LogP contribution in [-0.4, -0.2) is 12.2 Å². The summed E-state index contributed by atoms with van der Waals surface area (Å²) in [5.74, 6) is -0.920.